The van der Waals surface area contributed by atoms with E-state index in [2.05, 4.69) is 11.6 Å². The minimum absolute atomic E-state index is 0.0760. The molecule has 1 aromatic carbocycles. The first-order valence-corrected chi connectivity index (χ1v) is 6.63. The van der Waals surface area contributed by atoms with Gasteiger partial charge in [-0.2, -0.15) is 0 Å². The average Bonchev–Trinajstić information content (AvgIpc) is 2.40. The lowest BCUT2D eigenvalue weighted by Crippen LogP contribution is -2.36. The maximum absolute atomic E-state index is 12.0. The Balaban J connectivity index is 2.33. The number of benzene rings is 1. The van der Waals surface area contributed by atoms with Crippen LogP contribution in [0.4, 0.5) is 0 Å². The van der Waals surface area contributed by atoms with Crippen molar-refractivity contribution in [1.29, 1.82) is 0 Å². The van der Waals surface area contributed by atoms with E-state index >= 15 is 0 Å². The van der Waals surface area contributed by atoms with Gasteiger partial charge < -0.3 is 0 Å². The van der Waals surface area contributed by atoms with Gasteiger partial charge in [-0.1, -0.05) is 56.3 Å². The topological polar surface area (TPSA) is 38.3 Å². The van der Waals surface area contributed by atoms with Crippen molar-refractivity contribution in [3.63, 3.8) is 0 Å². The van der Waals surface area contributed by atoms with Crippen LogP contribution in [0.3, 0.4) is 0 Å². The lowest BCUT2D eigenvalue weighted by atomic mass is 9.87. The summed E-state index contributed by atoms with van der Waals surface area (Å²) < 4.78 is 0. The number of allylic oxidation sites excluding steroid dienone is 2. The van der Waals surface area contributed by atoms with E-state index in [4.69, 9.17) is 4.84 Å². The van der Waals surface area contributed by atoms with Crippen molar-refractivity contribution in [2.75, 3.05) is 0 Å². The van der Waals surface area contributed by atoms with E-state index in [1.807, 2.05) is 57.2 Å². The van der Waals surface area contributed by atoms with Crippen LogP contribution < -0.4 is 5.48 Å². The summed E-state index contributed by atoms with van der Waals surface area (Å²) in [5, 5.41) is 0. The van der Waals surface area contributed by atoms with Crippen molar-refractivity contribution in [3.05, 3.63) is 48.0 Å². The van der Waals surface area contributed by atoms with Crippen molar-refractivity contribution in [2.24, 2.45) is 5.41 Å². The Bertz CT molecular complexity index is 410. The van der Waals surface area contributed by atoms with E-state index in [9.17, 15) is 4.79 Å². The van der Waals surface area contributed by atoms with Crippen molar-refractivity contribution in [1.82, 2.24) is 5.48 Å². The fraction of sp³-hybridized carbons (Fsp3) is 0.438. The molecule has 104 valence electrons. The SMILES string of the molecule is CC=CCCC(C)(C)C(=O)NOCc1ccccc1. The fourth-order valence-electron chi connectivity index (χ4n) is 1.62. The minimum atomic E-state index is -0.420. The monoisotopic (exact) mass is 261 g/mol. The number of hydrogen-bond donors (Lipinski definition) is 1. The van der Waals surface area contributed by atoms with Crippen molar-refractivity contribution >= 4 is 5.91 Å². The largest absolute Gasteiger partial charge is 0.272 e. The zero-order valence-corrected chi connectivity index (χ0v) is 12.0. The van der Waals surface area contributed by atoms with Gasteiger partial charge >= 0.3 is 0 Å². The second-order valence-electron chi connectivity index (χ2n) is 5.20. The predicted octanol–water partition coefficient (Wildman–Crippen LogP) is 3.62. The number of hydroxylamine groups is 1. The van der Waals surface area contributed by atoms with Crippen molar-refractivity contribution < 1.29 is 9.63 Å². The summed E-state index contributed by atoms with van der Waals surface area (Å²) in [5.74, 6) is -0.0760. The molecule has 0 bridgehead atoms. The molecule has 19 heavy (non-hydrogen) atoms. The van der Waals surface area contributed by atoms with Gasteiger partial charge in [0.1, 0.15) is 0 Å². The van der Waals surface area contributed by atoms with Crippen LogP contribution in [0.2, 0.25) is 0 Å². The summed E-state index contributed by atoms with van der Waals surface area (Å²) >= 11 is 0. The van der Waals surface area contributed by atoms with E-state index in [0.29, 0.717) is 6.61 Å². The highest BCUT2D eigenvalue weighted by Crippen LogP contribution is 2.22. The van der Waals surface area contributed by atoms with Crippen molar-refractivity contribution in [3.8, 4) is 0 Å². The zero-order chi connectivity index (χ0) is 14.1. The smallest absolute Gasteiger partial charge is 0.249 e. The number of carbonyl (C=O) groups excluding carboxylic acids is 1. The number of hydrogen-bond acceptors (Lipinski definition) is 2. The maximum atomic E-state index is 12.0. The molecule has 1 amide bonds. The summed E-state index contributed by atoms with van der Waals surface area (Å²) in [6, 6.07) is 9.77. The quantitative estimate of drug-likeness (QED) is 0.601. The van der Waals surface area contributed by atoms with Gasteiger partial charge in [-0.15, -0.1) is 0 Å². The Morgan fingerprint density at radius 1 is 1.32 bits per heavy atom. The van der Waals surface area contributed by atoms with E-state index < -0.39 is 5.41 Å². The summed E-state index contributed by atoms with van der Waals surface area (Å²) in [4.78, 5) is 17.2. The van der Waals surface area contributed by atoms with Crippen LogP contribution in [0.25, 0.3) is 0 Å². The van der Waals surface area contributed by atoms with Gasteiger partial charge in [-0.3, -0.25) is 9.63 Å². The van der Waals surface area contributed by atoms with Crippen LogP contribution in [0.5, 0.6) is 0 Å². The molecule has 0 unspecified atom stereocenters. The minimum Gasteiger partial charge on any atom is -0.272 e. The standard InChI is InChI=1S/C16H23NO2/c1-4-5-9-12-16(2,3)15(18)17-19-13-14-10-7-6-8-11-14/h4-8,10-11H,9,12-13H2,1-3H3,(H,17,18). The molecule has 0 aliphatic carbocycles. The molecule has 0 saturated heterocycles. The van der Waals surface area contributed by atoms with E-state index in [0.717, 1.165) is 18.4 Å². The third-order valence-corrected chi connectivity index (χ3v) is 3.03. The molecule has 3 heteroatoms. The lowest BCUT2D eigenvalue weighted by molar-refractivity contribution is -0.143. The Morgan fingerprint density at radius 3 is 2.63 bits per heavy atom. The van der Waals surface area contributed by atoms with Crippen LogP contribution in [0, 0.1) is 5.41 Å². The number of carbonyl (C=O) groups is 1. The number of amides is 1. The van der Waals surface area contributed by atoms with Crippen LogP contribution in [-0.4, -0.2) is 5.91 Å². The third kappa shape index (κ3) is 5.71. The Hall–Kier alpha value is -1.61. The molecular weight excluding hydrogens is 238 g/mol. The van der Waals surface area contributed by atoms with Gasteiger partial charge in [0, 0.05) is 5.41 Å². The van der Waals surface area contributed by atoms with Gasteiger partial charge in [-0.25, -0.2) is 5.48 Å². The Morgan fingerprint density at radius 2 is 2.00 bits per heavy atom. The van der Waals surface area contributed by atoms with Crippen LogP contribution in [0.1, 0.15) is 39.2 Å². The van der Waals surface area contributed by atoms with Gasteiger partial charge in [0.15, 0.2) is 0 Å². The third-order valence-electron chi connectivity index (χ3n) is 3.03. The zero-order valence-electron chi connectivity index (χ0n) is 12.0. The average molecular weight is 261 g/mol. The molecule has 0 radical (unpaired) electrons. The number of nitrogens with one attached hydrogen (secondary N) is 1. The second-order valence-corrected chi connectivity index (χ2v) is 5.20. The Labute approximate surface area is 115 Å². The molecule has 3 nitrogen and oxygen atoms in total. The maximum Gasteiger partial charge on any atom is 0.249 e. The summed E-state index contributed by atoms with van der Waals surface area (Å²) in [6.07, 6.45) is 5.77. The molecule has 1 aromatic rings. The highest BCUT2D eigenvalue weighted by molar-refractivity contribution is 5.80. The molecule has 0 aliphatic heterocycles. The van der Waals surface area contributed by atoms with Crippen LogP contribution in [-0.2, 0) is 16.2 Å². The molecular formula is C16H23NO2. The lowest BCUT2D eigenvalue weighted by Gasteiger charge is -2.22. The molecule has 1 N–H and O–H groups in total. The first-order valence-electron chi connectivity index (χ1n) is 6.63. The fourth-order valence-corrected chi connectivity index (χ4v) is 1.62. The molecule has 0 saturated carbocycles. The van der Waals surface area contributed by atoms with E-state index in [1.54, 1.807) is 0 Å². The first-order chi connectivity index (χ1) is 9.06. The van der Waals surface area contributed by atoms with Gasteiger partial charge in [-0.05, 0) is 25.3 Å². The van der Waals surface area contributed by atoms with Crippen molar-refractivity contribution in [2.45, 2.75) is 40.2 Å². The first kappa shape index (κ1) is 15.4. The molecule has 0 heterocycles. The van der Waals surface area contributed by atoms with Gasteiger partial charge in [0.2, 0.25) is 5.91 Å². The molecule has 0 aliphatic rings. The Kier molecular flexibility index (Phi) is 6.30. The van der Waals surface area contributed by atoms with Gasteiger partial charge in [0.05, 0.1) is 6.61 Å². The van der Waals surface area contributed by atoms with E-state index in [-0.39, 0.29) is 5.91 Å². The molecule has 0 aromatic heterocycles. The van der Waals surface area contributed by atoms with Gasteiger partial charge in [0.25, 0.3) is 0 Å². The van der Waals surface area contributed by atoms with E-state index in [1.165, 1.54) is 0 Å². The normalized spacial score (nSPS) is 11.7. The highest BCUT2D eigenvalue weighted by atomic mass is 16.6. The summed E-state index contributed by atoms with van der Waals surface area (Å²) in [5.41, 5.74) is 3.15. The molecule has 0 fully saturated rings. The molecule has 0 spiro atoms. The number of rotatable bonds is 7. The highest BCUT2D eigenvalue weighted by Gasteiger charge is 2.26. The molecule has 1 rings (SSSR count). The van der Waals surface area contributed by atoms with Crippen LogP contribution >= 0.6 is 0 Å². The van der Waals surface area contributed by atoms with Crippen LogP contribution in [0.15, 0.2) is 42.5 Å². The molecule has 0 atom stereocenters. The summed E-state index contributed by atoms with van der Waals surface area (Å²) in [6.45, 7) is 6.23. The second kappa shape index (κ2) is 7.74. The predicted molar refractivity (Wildman–Crippen MR) is 77.2 cm³/mol. The summed E-state index contributed by atoms with van der Waals surface area (Å²) in [7, 11) is 0.